The Balaban J connectivity index is 1.99. The van der Waals surface area contributed by atoms with Crippen molar-refractivity contribution in [2.45, 2.75) is 6.54 Å². The third kappa shape index (κ3) is 3.43. The Kier molecular flexibility index (Phi) is 4.73. The van der Waals surface area contributed by atoms with Gasteiger partial charge < -0.3 is 0 Å². The van der Waals surface area contributed by atoms with Crippen molar-refractivity contribution in [3.63, 3.8) is 0 Å². The van der Waals surface area contributed by atoms with Gasteiger partial charge in [0.1, 0.15) is 0 Å². The van der Waals surface area contributed by atoms with Gasteiger partial charge in [-0.2, -0.15) is 0 Å². The molecule has 112 valence electrons. The van der Waals surface area contributed by atoms with Gasteiger partial charge in [0.2, 0.25) is 0 Å². The molecular weight excluding hydrogens is 349 g/mol. The van der Waals surface area contributed by atoms with Crippen LogP contribution in [0.3, 0.4) is 0 Å². The van der Waals surface area contributed by atoms with E-state index in [1.54, 1.807) is 6.08 Å². The van der Waals surface area contributed by atoms with Crippen molar-refractivity contribution in [3.8, 4) is 6.07 Å². The van der Waals surface area contributed by atoms with Crippen molar-refractivity contribution in [3.05, 3.63) is 94.6 Å². The maximum atomic E-state index is 9.14. The first kappa shape index (κ1) is 15.3. The summed E-state index contributed by atoms with van der Waals surface area (Å²) in [5.74, 6) is 0. The Bertz CT molecular complexity index is 912. The second kappa shape index (κ2) is 7.11. The number of nitriles is 1. The maximum absolute atomic E-state index is 9.14. The zero-order chi connectivity index (χ0) is 16.1. The molecule has 0 atom stereocenters. The molecule has 1 heterocycles. The van der Waals surface area contributed by atoms with E-state index in [9.17, 15) is 0 Å². The molecule has 3 rings (SSSR count). The Hall–Kier alpha value is -2.60. The molecule has 0 saturated heterocycles. The van der Waals surface area contributed by atoms with E-state index in [-0.39, 0.29) is 0 Å². The van der Waals surface area contributed by atoms with E-state index in [0.717, 1.165) is 22.1 Å². The van der Waals surface area contributed by atoms with Crippen LogP contribution in [-0.2, 0) is 6.54 Å². The molecule has 0 aliphatic rings. The third-order valence-corrected chi connectivity index (χ3v) is 4.48. The summed E-state index contributed by atoms with van der Waals surface area (Å²) >= 11 is 3.12. The average molecular weight is 364 g/mol. The van der Waals surface area contributed by atoms with Gasteiger partial charge in [0, 0.05) is 0 Å². The van der Waals surface area contributed by atoms with Crippen molar-refractivity contribution >= 4 is 21.3 Å². The van der Waals surface area contributed by atoms with Gasteiger partial charge in [0.15, 0.2) is 0 Å². The summed E-state index contributed by atoms with van der Waals surface area (Å²) in [4.78, 5) is 0. The molecule has 2 aromatic carbocycles. The fraction of sp³-hybridized carbons (Fsp3) is 0.0526. The monoisotopic (exact) mass is 365 g/mol. The zero-order valence-corrected chi connectivity index (χ0v) is 14.2. The number of allylic oxidation sites excluding steroid dienone is 1. The molecule has 0 fully saturated rings. The number of benzene rings is 2. The van der Waals surface area contributed by atoms with Crippen LogP contribution in [0, 0.1) is 15.7 Å². The van der Waals surface area contributed by atoms with E-state index in [1.165, 1.54) is 5.56 Å². The van der Waals surface area contributed by atoms with Crippen molar-refractivity contribution in [1.29, 1.82) is 5.26 Å². The Morgan fingerprint density at radius 2 is 1.65 bits per heavy atom. The third-order valence-electron chi connectivity index (χ3n) is 3.57. The van der Waals surface area contributed by atoms with E-state index in [1.807, 2.05) is 65.5 Å². The van der Waals surface area contributed by atoms with Crippen LogP contribution in [0.5, 0.6) is 0 Å². The van der Waals surface area contributed by atoms with Gasteiger partial charge in [0.05, 0.1) is 0 Å². The van der Waals surface area contributed by atoms with Crippen molar-refractivity contribution in [2.24, 2.45) is 0 Å². The van der Waals surface area contributed by atoms with Gasteiger partial charge in [-0.1, -0.05) is 0 Å². The summed E-state index contributed by atoms with van der Waals surface area (Å²) in [7, 11) is 0. The molecule has 0 bridgehead atoms. The summed E-state index contributed by atoms with van der Waals surface area (Å²) in [5.41, 5.74) is 3.10. The van der Waals surface area contributed by atoms with Crippen LogP contribution < -0.4 is 0 Å². The van der Waals surface area contributed by atoms with E-state index < -0.39 is 0 Å². The van der Waals surface area contributed by atoms with E-state index in [2.05, 4.69) is 38.3 Å². The van der Waals surface area contributed by atoms with Crippen LogP contribution in [0.4, 0.5) is 0 Å². The van der Waals surface area contributed by atoms with Crippen LogP contribution in [0.2, 0.25) is 0 Å². The predicted molar refractivity (Wildman–Crippen MR) is 92.4 cm³/mol. The standard InChI is InChI=1S/C19H15N3Se/c20-12-11-18(17-9-5-2-6-10-17)22-14-13-21(19(22)23)15-16-7-3-1-4-8-16/h1-11,13-14H,15H2/b18-11-. The molecule has 0 radical (unpaired) electrons. The minimum absolute atomic E-state index is 0.783. The summed E-state index contributed by atoms with van der Waals surface area (Å²) in [6, 6.07) is 22.4. The van der Waals surface area contributed by atoms with Crippen LogP contribution in [0.1, 0.15) is 11.1 Å². The number of hydrogen-bond acceptors (Lipinski definition) is 1. The Labute approximate surface area is 143 Å². The molecule has 0 N–H and O–H groups in total. The second-order valence-electron chi connectivity index (χ2n) is 5.09. The molecule has 4 heteroatoms. The molecular formula is C19H15N3Se. The number of nitrogens with zero attached hydrogens (tertiary/aromatic N) is 3. The minimum atomic E-state index is 0.783. The van der Waals surface area contributed by atoms with Crippen LogP contribution in [-0.4, -0.2) is 24.7 Å². The molecule has 0 aliphatic heterocycles. The van der Waals surface area contributed by atoms with Crippen molar-refractivity contribution in [1.82, 2.24) is 9.13 Å². The first-order valence-electron chi connectivity index (χ1n) is 7.27. The summed E-state index contributed by atoms with van der Waals surface area (Å²) in [5, 5.41) is 9.14. The van der Waals surface area contributed by atoms with E-state index in [4.69, 9.17) is 5.26 Å². The van der Waals surface area contributed by atoms with Gasteiger partial charge in [-0.3, -0.25) is 0 Å². The number of rotatable bonds is 4. The van der Waals surface area contributed by atoms with Crippen LogP contribution >= 0.6 is 0 Å². The van der Waals surface area contributed by atoms with Gasteiger partial charge >= 0.3 is 143 Å². The molecule has 0 amide bonds. The zero-order valence-electron chi connectivity index (χ0n) is 12.5. The number of hydrogen-bond donors (Lipinski definition) is 0. The van der Waals surface area contributed by atoms with Gasteiger partial charge in [0.25, 0.3) is 0 Å². The summed E-state index contributed by atoms with van der Waals surface area (Å²) in [6.45, 7) is 0.783. The fourth-order valence-corrected chi connectivity index (χ4v) is 3.06. The van der Waals surface area contributed by atoms with Crippen LogP contribution in [0.25, 0.3) is 5.70 Å². The second-order valence-corrected chi connectivity index (χ2v) is 5.86. The van der Waals surface area contributed by atoms with E-state index in [0.29, 0.717) is 0 Å². The molecule has 3 aromatic rings. The van der Waals surface area contributed by atoms with Crippen molar-refractivity contribution in [2.75, 3.05) is 0 Å². The topological polar surface area (TPSA) is 33.6 Å². The SMILES string of the molecule is N#C/C=C(/c1ccccc1)n1ccn(Cc2ccccc2)c1=[Se]. The normalized spacial score (nSPS) is 11.2. The molecule has 0 saturated carbocycles. The first-order chi connectivity index (χ1) is 11.3. The first-order valence-corrected chi connectivity index (χ1v) is 8.12. The Morgan fingerprint density at radius 3 is 2.30 bits per heavy atom. The molecule has 23 heavy (non-hydrogen) atoms. The fourth-order valence-electron chi connectivity index (χ4n) is 2.46. The van der Waals surface area contributed by atoms with Crippen LogP contribution in [0.15, 0.2) is 79.1 Å². The predicted octanol–water partition coefficient (Wildman–Crippen LogP) is 3.45. The van der Waals surface area contributed by atoms with Gasteiger partial charge in [-0.25, -0.2) is 0 Å². The number of aromatic nitrogens is 2. The Morgan fingerprint density at radius 1 is 1.00 bits per heavy atom. The number of imidazole rings is 1. The van der Waals surface area contributed by atoms with Crippen molar-refractivity contribution < 1.29 is 0 Å². The van der Waals surface area contributed by atoms with Gasteiger partial charge in [-0.15, -0.1) is 0 Å². The van der Waals surface area contributed by atoms with Gasteiger partial charge in [-0.05, 0) is 0 Å². The summed E-state index contributed by atoms with van der Waals surface area (Å²) < 4.78 is 5.09. The molecule has 0 aliphatic carbocycles. The molecule has 0 spiro atoms. The molecule has 3 nitrogen and oxygen atoms in total. The molecule has 1 aromatic heterocycles. The quantitative estimate of drug-likeness (QED) is 0.516. The average Bonchev–Trinajstić information content (AvgIpc) is 2.95. The summed E-state index contributed by atoms with van der Waals surface area (Å²) in [6.07, 6.45) is 5.57. The molecule has 0 unspecified atom stereocenters. The van der Waals surface area contributed by atoms with E-state index >= 15 is 0 Å².